The molecule has 0 spiro atoms. The third-order valence-corrected chi connectivity index (χ3v) is 7.86. The maximum atomic E-state index is 13.9. The van der Waals surface area contributed by atoms with E-state index in [1.54, 1.807) is 67.1 Å². The van der Waals surface area contributed by atoms with Gasteiger partial charge in [0.15, 0.2) is 5.65 Å². The zero-order chi connectivity index (χ0) is 22.5. The Kier molecular flexibility index (Phi) is 4.95. The van der Waals surface area contributed by atoms with E-state index in [4.69, 9.17) is 0 Å². The summed E-state index contributed by atoms with van der Waals surface area (Å²) in [6.45, 7) is 3.60. The quantitative estimate of drug-likeness (QED) is 0.309. The summed E-state index contributed by atoms with van der Waals surface area (Å²) in [4.78, 5) is 4.73. The van der Waals surface area contributed by atoms with Crippen LogP contribution in [-0.4, -0.2) is 17.4 Å². The van der Waals surface area contributed by atoms with Crippen LogP contribution in [0, 0.1) is 19.7 Å². The fourth-order valence-corrected chi connectivity index (χ4v) is 5.70. The minimum atomic E-state index is -3.87. The Hall–Kier alpha value is -3.29. The number of hydrogen-bond donors (Lipinski definition) is 0. The molecule has 5 aromatic rings. The largest absolute Gasteiger partial charge is 0.269 e. The molecule has 0 amide bonds. The summed E-state index contributed by atoms with van der Waals surface area (Å²) in [7, 11) is -3.87. The molecule has 3 heterocycles. The van der Waals surface area contributed by atoms with Crippen LogP contribution in [0.2, 0.25) is 0 Å². The molecule has 5 rings (SSSR count). The number of aromatic nitrogens is 2. The van der Waals surface area contributed by atoms with Crippen LogP contribution in [0.4, 0.5) is 4.39 Å². The van der Waals surface area contributed by atoms with Crippen LogP contribution in [0.3, 0.4) is 0 Å². The molecule has 0 unspecified atom stereocenters. The van der Waals surface area contributed by atoms with Crippen LogP contribution in [0.15, 0.2) is 82.6 Å². The van der Waals surface area contributed by atoms with Crippen LogP contribution >= 0.6 is 11.3 Å². The van der Waals surface area contributed by atoms with Gasteiger partial charge in [-0.05, 0) is 77.7 Å². The molecule has 0 radical (unpaired) electrons. The highest BCUT2D eigenvalue weighted by Crippen LogP contribution is 2.35. The van der Waals surface area contributed by atoms with E-state index in [0.29, 0.717) is 22.2 Å². The van der Waals surface area contributed by atoms with Gasteiger partial charge in [0, 0.05) is 28.9 Å². The molecule has 0 aliphatic heterocycles. The summed E-state index contributed by atoms with van der Waals surface area (Å²) in [5.74, 6) is -0.304. The molecule has 32 heavy (non-hydrogen) atoms. The lowest BCUT2D eigenvalue weighted by Gasteiger charge is -2.07. The van der Waals surface area contributed by atoms with Crippen molar-refractivity contribution in [1.82, 2.24) is 8.96 Å². The van der Waals surface area contributed by atoms with E-state index in [1.165, 1.54) is 10.0 Å². The van der Waals surface area contributed by atoms with Gasteiger partial charge >= 0.3 is 0 Å². The van der Waals surface area contributed by atoms with E-state index in [2.05, 4.69) is 4.98 Å². The smallest absolute Gasteiger partial charge is 0.237 e. The van der Waals surface area contributed by atoms with E-state index in [0.717, 1.165) is 22.3 Å². The molecule has 2 aromatic carbocycles. The van der Waals surface area contributed by atoms with Gasteiger partial charge in [-0.3, -0.25) is 0 Å². The zero-order valence-electron chi connectivity index (χ0n) is 17.4. The van der Waals surface area contributed by atoms with Gasteiger partial charge in [0.1, 0.15) is 5.82 Å². The number of thiophene rings is 1. The van der Waals surface area contributed by atoms with Gasteiger partial charge in [-0.1, -0.05) is 23.8 Å². The summed E-state index contributed by atoms with van der Waals surface area (Å²) in [5, 5.41) is 4.69. The van der Waals surface area contributed by atoms with Gasteiger partial charge in [0.05, 0.1) is 4.90 Å². The third-order valence-electron chi connectivity index (χ3n) is 5.51. The van der Waals surface area contributed by atoms with Crippen molar-refractivity contribution in [3.05, 3.63) is 94.7 Å². The Labute approximate surface area is 189 Å². The predicted molar refractivity (Wildman–Crippen MR) is 127 cm³/mol. The van der Waals surface area contributed by atoms with E-state index in [1.807, 2.05) is 29.8 Å². The highest BCUT2D eigenvalue weighted by molar-refractivity contribution is 7.90. The molecule has 7 heteroatoms. The van der Waals surface area contributed by atoms with Gasteiger partial charge < -0.3 is 0 Å². The first-order valence-corrected chi connectivity index (χ1v) is 12.4. The van der Waals surface area contributed by atoms with Gasteiger partial charge in [0.25, 0.3) is 10.0 Å². The monoisotopic (exact) mass is 462 g/mol. The fourth-order valence-electron chi connectivity index (χ4n) is 3.72. The minimum absolute atomic E-state index is 0.186. The summed E-state index contributed by atoms with van der Waals surface area (Å²) in [6, 6.07) is 15.5. The Morgan fingerprint density at radius 2 is 1.72 bits per heavy atom. The van der Waals surface area contributed by atoms with Gasteiger partial charge in [-0.15, -0.1) is 0 Å². The van der Waals surface area contributed by atoms with Crippen LogP contribution in [0.1, 0.15) is 11.1 Å². The molecule has 0 saturated heterocycles. The number of aryl methyl sites for hydroxylation is 2. The molecule has 4 nitrogen and oxygen atoms in total. The van der Waals surface area contributed by atoms with Crippen molar-refractivity contribution in [3.63, 3.8) is 0 Å². The predicted octanol–water partition coefficient (Wildman–Crippen LogP) is 6.42. The van der Waals surface area contributed by atoms with Crippen LogP contribution in [-0.2, 0) is 10.0 Å². The first kappa shape index (κ1) is 20.6. The molecule has 0 aliphatic carbocycles. The molecular formula is C25H19FN2O2S2. The number of hydrogen-bond acceptors (Lipinski definition) is 4. The average Bonchev–Trinajstić information content (AvgIpc) is 3.44. The molecule has 0 saturated carbocycles. The van der Waals surface area contributed by atoms with Crippen molar-refractivity contribution in [2.45, 2.75) is 18.7 Å². The highest BCUT2D eigenvalue weighted by atomic mass is 32.2. The van der Waals surface area contributed by atoms with Gasteiger partial charge in [0.2, 0.25) is 0 Å². The van der Waals surface area contributed by atoms with E-state index in [9.17, 15) is 12.8 Å². The van der Waals surface area contributed by atoms with E-state index >= 15 is 0 Å². The molecule has 0 aliphatic rings. The van der Waals surface area contributed by atoms with Crippen LogP contribution in [0.5, 0.6) is 0 Å². The number of rotatable bonds is 4. The number of nitrogens with zero attached hydrogens (tertiary/aromatic N) is 2. The highest BCUT2D eigenvalue weighted by Gasteiger charge is 2.23. The number of benzene rings is 2. The fraction of sp³-hybridized carbons (Fsp3) is 0.0800. The second-order valence-corrected chi connectivity index (χ2v) is 10.3. The average molecular weight is 463 g/mol. The Bertz CT molecular complexity index is 1550. The first-order chi connectivity index (χ1) is 15.3. The van der Waals surface area contributed by atoms with Gasteiger partial charge in [-0.2, -0.15) is 11.3 Å². The second-order valence-electron chi connectivity index (χ2n) is 7.73. The summed E-state index contributed by atoms with van der Waals surface area (Å²) >= 11 is 1.58. The number of pyridine rings is 1. The number of halogens is 1. The van der Waals surface area contributed by atoms with Gasteiger partial charge in [-0.25, -0.2) is 21.8 Å². The molecule has 0 bridgehead atoms. The minimum Gasteiger partial charge on any atom is -0.237 e. The van der Waals surface area contributed by atoms with Crippen molar-refractivity contribution in [2.75, 3.05) is 0 Å². The lowest BCUT2D eigenvalue weighted by atomic mass is 10.0. The third kappa shape index (κ3) is 3.43. The topological polar surface area (TPSA) is 52.0 Å². The SMILES string of the molecule is Cc1ccc(S(=O)(=O)n2cc(-c3ccc(F)c(C)c3)c3cc(-c4ccsc4)cnc32)cc1. The molecule has 160 valence electrons. The van der Waals surface area contributed by atoms with Crippen molar-refractivity contribution < 1.29 is 12.8 Å². The molecule has 0 N–H and O–H groups in total. The van der Waals surface area contributed by atoms with Crippen LogP contribution < -0.4 is 0 Å². The van der Waals surface area contributed by atoms with Crippen LogP contribution in [0.25, 0.3) is 33.3 Å². The number of fused-ring (bicyclic) bond motifs is 1. The summed E-state index contributed by atoms with van der Waals surface area (Å²) < 4.78 is 42.1. The van der Waals surface area contributed by atoms with Crippen molar-refractivity contribution >= 4 is 32.4 Å². The summed E-state index contributed by atoms with van der Waals surface area (Å²) in [5.41, 5.74) is 5.12. The van der Waals surface area contributed by atoms with Crippen molar-refractivity contribution in [3.8, 4) is 22.3 Å². The first-order valence-electron chi connectivity index (χ1n) is 9.97. The Morgan fingerprint density at radius 1 is 0.938 bits per heavy atom. The lowest BCUT2D eigenvalue weighted by Crippen LogP contribution is -2.12. The lowest BCUT2D eigenvalue weighted by molar-refractivity contribution is 0.588. The Morgan fingerprint density at radius 3 is 2.41 bits per heavy atom. The summed E-state index contributed by atoms with van der Waals surface area (Å²) in [6.07, 6.45) is 3.27. The van der Waals surface area contributed by atoms with Crippen molar-refractivity contribution in [2.24, 2.45) is 0 Å². The molecule has 3 aromatic heterocycles. The standard InChI is InChI=1S/C25H19FN2O2S2/c1-16-3-6-21(7-4-16)32(29,30)28-14-23(18-5-8-24(26)17(2)11-18)22-12-20(13-27-25(22)28)19-9-10-31-15-19/h3-15H,1-2H3. The normalized spacial score (nSPS) is 11.8. The second kappa shape index (κ2) is 7.69. The zero-order valence-corrected chi connectivity index (χ0v) is 19.0. The molecule has 0 atom stereocenters. The van der Waals surface area contributed by atoms with E-state index in [-0.39, 0.29) is 10.7 Å². The molecule has 0 fully saturated rings. The van der Waals surface area contributed by atoms with Crippen molar-refractivity contribution in [1.29, 1.82) is 0 Å². The maximum absolute atomic E-state index is 13.9. The Balaban J connectivity index is 1.79. The molecular weight excluding hydrogens is 443 g/mol. The van der Waals surface area contributed by atoms with E-state index < -0.39 is 10.0 Å². The maximum Gasteiger partial charge on any atom is 0.269 e.